The lowest BCUT2D eigenvalue weighted by atomic mass is 10.2. The van der Waals surface area contributed by atoms with Gasteiger partial charge in [0.25, 0.3) is 15.9 Å². The van der Waals surface area contributed by atoms with E-state index >= 15 is 0 Å². The Morgan fingerprint density at radius 2 is 1.81 bits per heavy atom. The first-order valence-corrected chi connectivity index (χ1v) is 13.1. The fourth-order valence-electron chi connectivity index (χ4n) is 2.79. The van der Waals surface area contributed by atoms with Crippen molar-refractivity contribution < 1.29 is 17.9 Å². The van der Waals surface area contributed by atoms with E-state index in [-0.39, 0.29) is 16.1 Å². The molecule has 2 aromatic heterocycles. The molecule has 11 heteroatoms. The Labute approximate surface area is 201 Å². The number of thiophene rings is 1. The molecule has 4 aromatic rings. The number of benzene rings is 2. The number of carbonyl (C=O) groups excluding carboxylic acids is 1. The summed E-state index contributed by atoms with van der Waals surface area (Å²) in [5.41, 5.74) is 1.11. The Morgan fingerprint density at radius 1 is 1.06 bits per heavy atom. The minimum absolute atomic E-state index is 0.0557. The van der Waals surface area contributed by atoms with E-state index in [0.717, 1.165) is 14.4 Å². The van der Waals surface area contributed by atoms with Crippen molar-refractivity contribution in [3.8, 4) is 16.3 Å². The molecule has 0 radical (unpaired) electrons. The Hall–Kier alpha value is -2.73. The first-order chi connectivity index (χ1) is 15.4. The first kappa shape index (κ1) is 22.5. The van der Waals surface area contributed by atoms with Crippen LogP contribution in [0, 0.1) is 0 Å². The molecule has 0 aliphatic rings. The number of ether oxygens (including phenoxy) is 1. The Kier molecular flexibility index (Phi) is 6.60. The van der Waals surface area contributed by atoms with E-state index < -0.39 is 15.9 Å². The molecule has 2 aromatic carbocycles. The number of halogens is 1. The van der Waals surface area contributed by atoms with Crippen LogP contribution in [-0.4, -0.2) is 26.4 Å². The lowest BCUT2D eigenvalue weighted by molar-refractivity contribution is 0.102. The molecule has 0 unspecified atom stereocenters. The molecule has 2 heterocycles. The standard InChI is InChI=1S/C21H16BrN3O4S3/c1-29-13-6-8-14(9-7-13)32(27,28)25-16-5-3-2-4-15(16)20(26)24-21-23-17(12-30-21)18-10-11-19(22)31-18/h2-12,25H,1H3,(H,23,24,26). The summed E-state index contributed by atoms with van der Waals surface area (Å²) < 4.78 is 34.1. The Bertz CT molecular complexity index is 1360. The van der Waals surface area contributed by atoms with Crippen LogP contribution in [0.4, 0.5) is 10.8 Å². The minimum Gasteiger partial charge on any atom is -0.497 e. The van der Waals surface area contributed by atoms with Crippen LogP contribution in [0.3, 0.4) is 0 Å². The molecule has 0 saturated carbocycles. The molecule has 164 valence electrons. The van der Waals surface area contributed by atoms with E-state index in [2.05, 4.69) is 31.0 Å². The van der Waals surface area contributed by atoms with Crippen LogP contribution < -0.4 is 14.8 Å². The first-order valence-electron chi connectivity index (χ1n) is 9.14. The highest BCUT2D eigenvalue weighted by Crippen LogP contribution is 2.33. The number of sulfonamides is 1. The third kappa shape index (κ3) is 5.01. The van der Waals surface area contributed by atoms with Crippen molar-refractivity contribution in [2.45, 2.75) is 4.90 Å². The van der Waals surface area contributed by atoms with E-state index in [4.69, 9.17) is 4.74 Å². The topological polar surface area (TPSA) is 97.4 Å². The quantitative estimate of drug-likeness (QED) is 0.308. The van der Waals surface area contributed by atoms with Gasteiger partial charge in [-0.15, -0.1) is 22.7 Å². The lowest BCUT2D eigenvalue weighted by Crippen LogP contribution is -2.18. The molecule has 0 bridgehead atoms. The van der Waals surface area contributed by atoms with Crippen LogP contribution in [0.15, 0.2) is 74.7 Å². The zero-order valence-electron chi connectivity index (χ0n) is 16.5. The van der Waals surface area contributed by atoms with Gasteiger partial charge in [0.15, 0.2) is 5.13 Å². The maximum atomic E-state index is 12.9. The number of anilines is 2. The molecule has 0 fully saturated rings. The van der Waals surface area contributed by atoms with Gasteiger partial charge < -0.3 is 4.74 Å². The van der Waals surface area contributed by atoms with Crippen LogP contribution in [0.25, 0.3) is 10.6 Å². The predicted octanol–water partition coefficient (Wildman–Crippen LogP) is 5.70. The van der Waals surface area contributed by atoms with Crippen molar-refractivity contribution in [2.24, 2.45) is 0 Å². The molecule has 0 saturated heterocycles. The number of thiazole rings is 1. The third-order valence-corrected chi connectivity index (χ3v) is 8.12. The number of amides is 1. The van der Waals surface area contributed by atoms with Gasteiger partial charge in [-0.3, -0.25) is 14.8 Å². The van der Waals surface area contributed by atoms with Crippen LogP contribution in [0.1, 0.15) is 10.4 Å². The highest BCUT2D eigenvalue weighted by atomic mass is 79.9. The Morgan fingerprint density at radius 3 is 2.50 bits per heavy atom. The van der Waals surface area contributed by atoms with E-state index in [0.29, 0.717) is 10.9 Å². The van der Waals surface area contributed by atoms with Crippen molar-refractivity contribution in [3.05, 3.63) is 75.4 Å². The smallest absolute Gasteiger partial charge is 0.261 e. The lowest BCUT2D eigenvalue weighted by Gasteiger charge is -2.12. The zero-order valence-corrected chi connectivity index (χ0v) is 20.6. The molecule has 7 nitrogen and oxygen atoms in total. The summed E-state index contributed by atoms with van der Waals surface area (Å²) in [6.07, 6.45) is 0. The number of rotatable bonds is 7. The van der Waals surface area contributed by atoms with Gasteiger partial charge in [-0.2, -0.15) is 0 Å². The van der Waals surface area contributed by atoms with Gasteiger partial charge in [0.1, 0.15) is 5.75 Å². The number of aromatic nitrogens is 1. The van der Waals surface area contributed by atoms with Gasteiger partial charge in [-0.05, 0) is 64.5 Å². The minimum atomic E-state index is -3.90. The number of nitrogens with one attached hydrogen (secondary N) is 2. The summed E-state index contributed by atoms with van der Waals surface area (Å²) in [5.74, 6) is 0.0766. The number of nitrogens with zero attached hydrogens (tertiary/aromatic N) is 1. The van der Waals surface area contributed by atoms with Crippen molar-refractivity contribution in [1.82, 2.24) is 4.98 Å². The molecule has 0 aliphatic carbocycles. The van der Waals surface area contributed by atoms with Crippen molar-refractivity contribution in [2.75, 3.05) is 17.1 Å². The van der Waals surface area contributed by atoms with Crippen LogP contribution in [-0.2, 0) is 10.0 Å². The van der Waals surface area contributed by atoms with E-state index in [9.17, 15) is 13.2 Å². The van der Waals surface area contributed by atoms with Gasteiger partial charge >= 0.3 is 0 Å². The average Bonchev–Trinajstić information content (AvgIpc) is 3.42. The van der Waals surface area contributed by atoms with Crippen molar-refractivity contribution in [3.63, 3.8) is 0 Å². The summed E-state index contributed by atoms with van der Waals surface area (Å²) in [4.78, 5) is 18.4. The molecule has 0 spiro atoms. The molecule has 0 aliphatic heterocycles. The molecule has 32 heavy (non-hydrogen) atoms. The summed E-state index contributed by atoms with van der Waals surface area (Å²) in [6, 6.07) is 16.3. The summed E-state index contributed by atoms with van der Waals surface area (Å²) >= 11 is 6.26. The second-order valence-electron chi connectivity index (χ2n) is 6.42. The fraction of sp³-hybridized carbons (Fsp3) is 0.0476. The maximum absolute atomic E-state index is 12.9. The van der Waals surface area contributed by atoms with Gasteiger partial charge in [-0.25, -0.2) is 13.4 Å². The maximum Gasteiger partial charge on any atom is 0.261 e. The predicted molar refractivity (Wildman–Crippen MR) is 131 cm³/mol. The summed E-state index contributed by atoms with van der Waals surface area (Å²) in [6.45, 7) is 0. The van der Waals surface area contributed by atoms with Crippen LogP contribution in [0.2, 0.25) is 0 Å². The van der Waals surface area contributed by atoms with Crippen molar-refractivity contribution >= 4 is 65.4 Å². The number of carbonyl (C=O) groups is 1. The second-order valence-corrected chi connectivity index (χ2v) is 11.4. The average molecular weight is 550 g/mol. The number of para-hydroxylation sites is 1. The molecular formula is C21H16BrN3O4S3. The number of methoxy groups -OCH3 is 1. The molecule has 0 atom stereocenters. The fourth-order valence-corrected chi connectivity index (χ4v) is 6.00. The summed E-state index contributed by atoms with van der Waals surface area (Å²) in [5, 5.41) is 5.02. The number of hydrogen-bond acceptors (Lipinski definition) is 7. The van der Waals surface area contributed by atoms with Gasteiger partial charge in [0.2, 0.25) is 0 Å². The van der Waals surface area contributed by atoms with E-state index in [1.54, 1.807) is 41.7 Å². The molecule has 1 amide bonds. The van der Waals surface area contributed by atoms with Crippen LogP contribution >= 0.6 is 38.6 Å². The van der Waals surface area contributed by atoms with Gasteiger partial charge in [0, 0.05) is 5.38 Å². The monoisotopic (exact) mass is 549 g/mol. The van der Waals surface area contributed by atoms with Crippen molar-refractivity contribution in [1.29, 1.82) is 0 Å². The number of hydrogen-bond donors (Lipinski definition) is 2. The summed E-state index contributed by atoms with van der Waals surface area (Å²) in [7, 11) is -2.40. The Balaban J connectivity index is 1.54. The van der Waals surface area contributed by atoms with E-state index in [1.165, 1.54) is 36.6 Å². The van der Waals surface area contributed by atoms with E-state index in [1.807, 2.05) is 17.5 Å². The molecule has 4 rings (SSSR count). The second kappa shape index (κ2) is 9.41. The highest BCUT2D eigenvalue weighted by Gasteiger charge is 2.19. The van der Waals surface area contributed by atoms with Crippen LogP contribution in [0.5, 0.6) is 5.75 Å². The molecular weight excluding hydrogens is 534 g/mol. The van der Waals surface area contributed by atoms with Gasteiger partial charge in [-0.1, -0.05) is 12.1 Å². The normalized spacial score (nSPS) is 11.2. The van der Waals surface area contributed by atoms with Gasteiger partial charge in [0.05, 0.1) is 37.6 Å². The zero-order chi connectivity index (χ0) is 22.7. The largest absolute Gasteiger partial charge is 0.497 e. The third-order valence-electron chi connectivity index (χ3n) is 4.34. The molecule has 2 N–H and O–H groups in total. The SMILES string of the molecule is COc1ccc(S(=O)(=O)Nc2ccccc2C(=O)Nc2nc(-c3ccc(Br)s3)cs2)cc1. The highest BCUT2D eigenvalue weighted by molar-refractivity contribution is 9.11.